The summed E-state index contributed by atoms with van der Waals surface area (Å²) in [4.78, 5) is 0. The maximum absolute atomic E-state index is 5.73. The molecule has 0 radical (unpaired) electrons. The third-order valence-corrected chi connectivity index (χ3v) is 3.58. The van der Waals surface area contributed by atoms with Crippen LogP contribution in [0, 0.1) is 0 Å². The van der Waals surface area contributed by atoms with E-state index in [1.807, 2.05) is 42.5 Å². The monoisotopic (exact) mass is 416 g/mol. The maximum atomic E-state index is 5.73. The van der Waals surface area contributed by atoms with Crippen LogP contribution in [0.15, 0.2) is 55.9 Å². The van der Waals surface area contributed by atoms with Gasteiger partial charge in [-0.3, -0.25) is 0 Å². The van der Waals surface area contributed by atoms with Gasteiger partial charge in [-0.1, -0.05) is 31.9 Å². The van der Waals surface area contributed by atoms with Gasteiger partial charge in [0.15, 0.2) is 0 Å². The van der Waals surface area contributed by atoms with E-state index in [-0.39, 0.29) is 0 Å². The van der Waals surface area contributed by atoms with Gasteiger partial charge in [0.05, 0.1) is 4.47 Å². The molecule has 0 N–H and O–H groups in total. The minimum Gasteiger partial charge on any atom is -0.456 e. The van der Waals surface area contributed by atoms with E-state index < -0.39 is 0 Å². The van der Waals surface area contributed by atoms with E-state index in [1.54, 1.807) is 0 Å². The minimum atomic E-state index is 0.797. The molecular formula is C12H7Br3O. The summed E-state index contributed by atoms with van der Waals surface area (Å²) in [5.74, 6) is 1.61. The van der Waals surface area contributed by atoms with Crippen molar-refractivity contribution in [1.82, 2.24) is 0 Å². The first-order valence-electron chi connectivity index (χ1n) is 4.53. The van der Waals surface area contributed by atoms with Gasteiger partial charge in [-0.25, -0.2) is 0 Å². The summed E-state index contributed by atoms with van der Waals surface area (Å²) in [6.45, 7) is 0. The van der Waals surface area contributed by atoms with Crippen LogP contribution >= 0.6 is 47.8 Å². The molecule has 0 unspecified atom stereocenters. The summed E-state index contributed by atoms with van der Waals surface area (Å²) in [6, 6.07) is 13.5. The molecule has 82 valence electrons. The quantitative estimate of drug-likeness (QED) is 0.602. The fourth-order valence-electron chi connectivity index (χ4n) is 1.19. The van der Waals surface area contributed by atoms with Crippen LogP contribution in [0.5, 0.6) is 11.5 Å². The van der Waals surface area contributed by atoms with Crippen LogP contribution in [0.2, 0.25) is 0 Å². The van der Waals surface area contributed by atoms with E-state index in [0.29, 0.717) is 0 Å². The van der Waals surface area contributed by atoms with Crippen LogP contribution in [0.3, 0.4) is 0 Å². The molecule has 0 atom stereocenters. The van der Waals surface area contributed by atoms with Crippen LogP contribution in [-0.4, -0.2) is 0 Å². The van der Waals surface area contributed by atoms with Crippen molar-refractivity contribution in [2.45, 2.75) is 0 Å². The highest BCUT2D eigenvalue weighted by atomic mass is 79.9. The van der Waals surface area contributed by atoms with Gasteiger partial charge in [-0.05, 0) is 58.4 Å². The lowest BCUT2D eigenvalue weighted by atomic mass is 11.3. The average molecular weight is 419 g/mol. The molecule has 0 saturated carbocycles. The summed E-state index contributed by atoms with van der Waals surface area (Å²) in [5.41, 5.74) is 0. The van der Waals surface area contributed by atoms with Crippen molar-refractivity contribution >= 4 is 47.8 Å². The van der Waals surface area contributed by atoms with E-state index in [9.17, 15) is 0 Å². The zero-order valence-electron chi connectivity index (χ0n) is 8.08. The van der Waals surface area contributed by atoms with Crippen LogP contribution < -0.4 is 4.74 Å². The van der Waals surface area contributed by atoms with Gasteiger partial charge >= 0.3 is 0 Å². The standard InChI is InChI=1S/C12H7Br3O/c13-8-1-4-10(5-2-8)16-12-6-3-9(14)7-11(12)15/h1-7H/i1+1,2+1,3+1,4+1,5+1,6+1,7+1,8+1,9+1,10+1,11+1,12+1. The largest absolute Gasteiger partial charge is 0.456 e. The highest BCUT2D eigenvalue weighted by Crippen LogP contribution is 2.32. The lowest BCUT2D eigenvalue weighted by Gasteiger charge is -2.07. The molecule has 0 fully saturated rings. The van der Waals surface area contributed by atoms with E-state index in [0.717, 1.165) is 24.9 Å². The van der Waals surface area contributed by atoms with Gasteiger partial charge in [0.1, 0.15) is 11.5 Å². The summed E-state index contributed by atoms with van der Waals surface area (Å²) in [6.07, 6.45) is 0. The SMILES string of the molecule is Br[13c]1[13cH][13cH][13c](O[13c]2[13cH][13cH][13c](Br)[13cH][13c]2Br)[13cH][13cH]1. The Balaban J connectivity index is 2.23. The van der Waals surface area contributed by atoms with Crippen molar-refractivity contribution in [3.63, 3.8) is 0 Å². The zero-order chi connectivity index (χ0) is 11.5. The second-order valence-electron chi connectivity index (χ2n) is 3.13. The van der Waals surface area contributed by atoms with Gasteiger partial charge in [-0.15, -0.1) is 0 Å². The van der Waals surface area contributed by atoms with Crippen molar-refractivity contribution in [3.8, 4) is 11.5 Å². The Bertz CT molecular complexity index is 494. The Kier molecular flexibility index (Phi) is 4.05. The number of halogens is 3. The lowest BCUT2D eigenvalue weighted by Crippen LogP contribution is -1.84. The predicted molar refractivity (Wildman–Crippen MR) is 76.1 cm³/mol. The Morgan fingerprint density at radius 1 is 0.750 bits per heavy atom. The molecule has 4 heteroatoms. The summed E-state index contributed by atoms with van der Waals surface area (Å²) >= 11 is 10.2. The summed E-state index contributed by atoms with van der Waals surface area (Å²) in [7, 11) is 0. The first-order valence-corrected chi connectivity index (χ1v) is 6.91. The van der Waals surface area contributed by atoms with Crippen molar-refractivity contribution in [2.75, 3.05) is 0 Å². The first-order chi connectivity index (χ1) is 7.65. The fourth-order valence-corrected chi connectivity index (χ4v) is 2.58. The molecule has 2 aromatic carbocycles. The molecular weight excluding hydrogens is 412 g/mol. The van der Waals surface area contributed by atoms with Crippen molar-refractivity contribution < 1.29 is 4.74 Å². The van der Waals surface area contributed by atoms with Crippen molar-refractivity contribution in [3.05, 3.63) is 55.9 Å². The fraction of sp³-hybridized carbons (Fsp3) is 0. The molecule has 0 heterocycles. The Labute approximate surface area is 119 Å². The van der Waals surface area contributed by atoms with Crippen molar-refractivity contribution in [1.29, 1.82) is 0 Å². The lowest BCUT2D eigenvalue weighted by molar-refractivity contribution is 0.479. The van der Waals surface area contributed by atoms with E-state index in [4.69, 9.17) is 4.74 Å². The normalized spacial score (nSPS) is 10.2. The van der Waals surface area contributed by atoms with Gasteiger partial charge in [-0.2, -0.15) is 0 Å². The molecule has 2 aromatic rings. The van der Waals surface area contributed by atoms with Crippen molar-refractivity contribution in [2.24, 2.45) is 0 Å². The highest BCUT2D eigenvalue weighted by molar-refractivity contribution is 9.11. The molecule has 0 aliphatic heterocycles. The third kappa shape index (κ3) is 3.09. The topological polar surface area (TPSA) is 9.23 Å². The van der Waals surface area contributed by atoms with Crippen LogP contribution in [0.1, 0.15) is 0 Å². The predicted octanol–water partition coefficient (Wildman–Crippen LogP) is 5.77. The number of ether oxygens (including phenoxy) is 1. The van der Waals surface area contributed by atoms with Crippen LogP contribution in [0.25, 0.3) is 0 Å². The molecule has 0 aliphatic rings. The van der Waals surface area contributed by atoms with E-state index in [1.165, 1.54) is 0 Å². The van der Waals surface area contributed by atoms with Crippen LogP contribution in [-0.2, 0) is 0 Å². The van der Waals surface area contributed by atoms with E-state index in [2.05, 4.69) is 47.8 Å². The second kappa shape index (κ2) is 5.34. The van der Waals surface area contributed by atoms with Gasteiger partial charge in [0.25, 0.3) is 0 Å². The molecule has 0 spiro atoms. The average Bonchev–Trinajstić information content (AvgIpc) is 2.25. The number of benzene rings is 2. The first kappa shape index (κ1) is 12.1. The molecule has 0 saturated heterocycles. The third-order valence-electron chi connectivity index (χ3n) is 1.94. The Morgan fingerprint density at radius 2 is 1.38 bits per heavy atom. The number of hydrogen-bond donors (Lipinski definition) is 0. The van der Waals surface area contributed by atoms with Crippen LogP contribution in [0.4, 0.5) is 0 Å². The smallest absolute Gasteiger partial charge is 0.141 e. The molecule has 2 rings (SSSR count). The highest BCUT2D eigenvalue weighted by Gasteiger charge is 2.03. The number of hydrogen-bond acceptors (Lipinski definition) is 1. The second-order valence-corrected chi connectivity index (χ2v) is 5.82. The molecule has 0 bridgehead atoms. The van der Waals surface area contributed by atoms with E-state index >= 15 is 0 Å². The molecule has 0 amide bonds. The summed E-state index contributed by atoms with van der Waals surface area (Å²) in [5, 5.41) is 0. The molecule has 0 aliphatic carbocycles. The molecule has 1 nitrogen and oxygen atoms in total. The minimum absolute atomic E-state index is 0.797. The maximum Gasteiger partial charge on any atom is 0.141 e. The Hall–Kier alpha value is -0.320. The summed E-state index contributed by atoms with van der Waals surface area (Å²) < 4.78 is 8.70. The number of rotatable bonds is 2. The zero-order valence-corrected chi connectivity index (χ0v) is 12.8. The Morgan fingerprint density at radius 3 is 2.00 bits per heavy atom. The van der Waals surface area contributed by atoms with Gasteiger partial charge in [0, 0.05) is 8.95 Å². The van der Waals surface area contributed by atoms with Gasteiger partial charge < -0.3 is 4.74 Å². The van der Waals surface area contributed by atoms with Gasteiger partial charge in [0.2, 0.25) is 0 Å². The molecule has 0 aromatic heterocycles. The molecule has 16 heavy (non-hydrogen) atoms.